The number of hydrogen-bond donors (Lipinski definition) is 0. The molecule has 0 aliphatic heterocycles. The van der Waals surface area contributed by atoms with Gasteiger partial charge >= 0.3 is 0 Å². The third kappa shape index (κ3) is 16.0. The van der Waals surface area contributed by atoms with Crippen molar-refractivity contribution < 1.29 is 0 Å². The minimum atomic E-state index is 0.519. The lowest BCUT2D eigenvalue weighted by Crippen LogP contribution is -2.11. The first-order valence-electron chi connectivity index (χ1n) is 15.7. The molecule has 0 spiro atoms. The predicted octanol–water partition coefficient (Wildman–Crippen LogP) is 11.6. The highest BCUT2D eigenvalue weighted by atomic mass is 15.1. The summed E-state index contributed by atoms with van der Waals surface area (Å²) < 4.78 is 2.43. The molecule has 1 heterocycles. The van der Waals surface area contributed by atoms with Crippen molar-refractivity contribution in [2.45, 2.75) is 187 Å². The van der Waals surface area contributed by atoms with Gasteiger partial charge in [0.05, 0.1) is 0 Å². The van der Waals surface area contributed by atoms with Gasteiger partial charge in [-0.05, 0) is 26.7 Å². The molecular weight excluding hydrogens is 412 g/mol. The fourth-order valence-electron chi connectivity index (χ4n) is 5.41. The van der Waals surface area contributed by atoms with Crippen LogP contribution in [0, 0.1) is 0 Å². The minimum absolute atomic E-state index is 0.519. The van der Waals surface area contributed by atoms with Gasteiger partial charge in [-0.1, -0.05) is 149 Å². The molecule has 1 rings (SSSR count). The first-order chi connectivity index (χ1) is 16.7. The van der Waals surface area contributed by atoms with Crippen LogP contribution in [0.25, 0.3) is 0 Å². The zero-order valence-electron chi connectivity index (χ0n) is 24.0. The second-order valence-corrected chi connectivity index (χ2v) is 11.3. The highest BCUT2D eigenvalue weighted by Gasteiger charge is 2.18. The van der Waals surface area contributed by atoms with Gasteiger partial charge in [0.2, 0.25) is 0 Å². The molecule has 0 bridgehead atoms. The normalized spacial score (nSPS) is 12.6. The van der Waals surface area contributed by atoms with Crippen LogP contribution in [-0.2, 0) is 0 Å². The van der Waals surface area contributed by atoms with E-state index in [2.05, 4.69) is 38.5 Å². The summed E-state index contributed by atoms with van der Waals surface area (Å²) >= 11 is 0. The van der Waals surface area contributed by atoms with Crippen LogP contribution in [0.1, 0.15) is 193 Å². The summed E-state index contributed by atoms with van der Waals surface area (Å²) in [5, 5.41) is 0. The van der Waals surface area contributed by atoms with Crippen LogP contribution in [0.3, 0.4) is 0 Å². The van der Waals surface area contributed by atoms with Crippen LogP contribution in [0.15, 0.2) is 12.4 Å². The monoisotopic (exact) mass is 474 g/mol. The van der Waals surface area contributed by atoms with E-state index in [1.807, 2.05) is 6.20 Å². The van der Waals surface area contributed by atoms with E-state index in [1.165, 1.54) is 154 Å². The quantitative estimate of drug-likeness (QED) is 0.129. The van der Waals surface area contributed by atoms with E-state index in [0.29, 0.717) is 12.0 Å². The molecule has 0 amide bonds. The minimum Gasteiger partial charge on any atom is -0.332 e. The van der Waals surface area contributed by atoms with E-state index < -0.39 is 0 Å². The second kappa shape index (κ2) is 22.7. The Bertz CT molecular complexity index is 533. The van der Waals surface area contributed by atoms with Gasteiger partial charge in [0, 0.05) is 24.4 Å². The van der Waals surface area contributed by atoms with Crippen LogP contribution < -0.4 is 0 Å². The Balaban J connectivity index is 2.23. The summed E-state index contributed by atoms with van der Waals surface area (Å²) in [5.41, 5.74) is 0. The fraction of sp³-hybridized carbons (Fsp3) is 0.906. The molecule has 0 aliphatic rings. The van der Waals surface area contributed by atoms with E-state index in [1.54, 1.807) is 0 Å². The largest absolute Gasteiger partial charge is 0.332 e. The van der Waals surface area contributed by atoms with E-state index in [9.17, 15) is 0 Å². The first kappa shape index (κ1) is 31.2. The molecular formula is C32H62N2. The van der Waals surface area contributed by atoms with Gasteiger partial charge in [-0.25, -0.2) is 4.98 Å². The van der Waals surface area contributed by atoms with Crippen LogP contribution in [0.5, 0.6) is 0 Å². The Labute approximate surface area is 215 Å². The molecule has 2 heteroatoms. The molecule has 1 unspecified atom stereocenters. The lowest BCUT2D eigenvalue weighted by Gasteiger charge is -2.20. The van der Waals surface area contributed by atoms with E-state index >= 15 is 0 Å². The van der Waals surface area contributed by atoms with Crippen molar-refractivity contribution in [3.63, 3.8) is 0 Å². The number of nitrogens with zero attached hydrogens (tertiary/aromatic N) is 2. The lowest BCUT2D eigenvalue weighted by molar-refractivity contribution is 0.441. The third-order valence-electron chi connectivity index (χ3n) is 7.68. The zero-order valence-corrected chi connectivity index (χ0v) is 24.0. The Kier molecular flexibility index (Phi) is 20.8. The topological polar surface area (TPSA) is 17.8 Å². The first-order valence-corrected chi connectivity index (χ1v) is 15.7. The number of rotatable bonds is 25. The summed E-state index contributed by atoms with van der Waals surface area (Å²) in [5.74, 6) is 2.02. The molecule has 1 aromatic heterocycles. The number of hydrogen-bond acceptors (Lipinski definition) is 1. The van der Waals surface area contributed by atoms with Crippen LogP contribution in [-0.4, -0.2) is 9.55 Å². The Morgan fingerprint density at radius 1 is 0.559 bits per heavy atom. The average Bonchev–Trinajstić information content (AvgIpc) is 3.32. The fourth-order valence-corrected chi connectivity index (χ4v) is 5.41. The van der Waals surface area contributed by atoms with Crippen LogP contribution in [0.4, 0.5) is 0 Å². The molecule has 0 saturated heterocycles. The van der Waals surface area contributed by atoms with E-state index in [0.717, 1.165) is 0 Å². The van der Waals surface area contributed by atoms with Crippen molar-refractivity contribution >= 4 is 0 Å². The predicted molar refractivity (Wildman–Crippen MR) is 153 cm³/mol. The highest BCUT2D eigenvalue weighted by molar-refractivity contribution is 5.02. The van der Waals surface area contributed by atoms with Gasteiger partial charge in [0.15, 0.2) is 0 Å². The van der Waals surface area contributed by atoms with E-state index in [-0.39, 0.29) is 0 Å². The van der Waals surface area contributed by atoms with Gasteiger partial charge < -0.3 is 4.57 Å². The zero-order chi connectivity index (χ0) is 24.7. The number of unbranched alkanes of at least 4 members (excludes halogenated alkanes) is 19. The molecule has 0 radical (unpaired) electrons. The van der Waals surface area contributed by atoms with E-state index in [4.69, 9.17) is 4.98 Å². The van der Waals surface area contributed by atoms with Crippen molar-refractivity contribution in [2.75, 3.05) is 0 Å². The van der Waals surface area contributed by atoms with Crippen molar-refractivity contribution in [3.05, 3.63) is 18.2 Å². The summed E-state index contributed by atoms with van der Waals surface area (Å²) in [7, 11) is 0. The number of aromatic nitrogens is 2. The molecule has 0 N–H and O–H groups in total. The van der Waals surface area contributed by atoms with Crippen molar-refractivity contribution in [1.29, 1.82) is 0 Å². The van der Waals surface area contributed by atoms with Crippen molar-refractivity contribution in [1.82, 2.24) is 9.55 Å². The molecule has 1 atom stereocenters. The third-order valence-corrected chi connectivity index (χ3v) is 7.68. The molecule has 0 fully saturated rings. The van der Waals surface area contributed by atoms with Gasteiger partial charge in [-0.3, -0.25) is 0 Å². The van der Waals surface area contributed by atoms with Crippen LogP contribution >= 0.6 is 0 Å². The molecule has 0 aromatic carbocycles. The molecule has 34 heavy (non-hydrogen) atoms. The molecule has 0 aliphatic carbocycles. The van der Waals surface area contributed by atoms with Gasteiger partial charge in [-0.2, -0.15) is 0 Å². The lowest BCUT2D eigenvalue weighted by atomic mass is 9.93. The highest BCUT2D eigenvalue weighted by Crippen LogP contribution is 2.29. The summed E-state index contributed by atoms with van der Waals surface area (Å²) in [6, 6.07) is 0.519. The smallest absolute Gasteiger partial charge is 0.111 e. The standard InChI is InChI=1S/C32H62N2/c1-5-7-9-11-13-15-17-19-21-23-25-27-31(32-33-28-29-34(32)30(3)4)26-24-22-20-18-16-14-12-10-8-6-2/h28-31H,5-27H2,1-4H3. The van der Waals surface area contributed by atoms with Crippen LogP contribution in [0.2, 0.25) is 0 Å². The molecule has 1 aromatic rings. The van der Waals surface area contributed by atoms with Gasteiger partial charge in [0.1, 0.15) is 5.82 Å². The van der Waals surface area contributed by atoms with Crippen molar-refractivity contribution in [3.8, 4) is 0 Å². The molecule has 200 valence electrons. The van der Waals surface area contributed by atoms with Gasteiger partial charge in [0.25, 0.3) is 0 Å². The average molecular weight is 475 g/mol. The van der Waals surface area contributed by atoms with Crippen molar-refractivity contribution in [2.24, 2.45) is 0 Å². The molecule has 0 saturated carbocycles. The Hall–Kier alpha value is -0.790. The van der Waals surface area contributed by atoms with Gasteiger partial charge in [-0.15, -0.1) is 0 Å². The summed E-state index contributed by atoms with van der Waals surface area (Å²) in [6.07, 6.45) is 36.8. The SMILES string of the molecule is CCCCCCCCCCCCCC(CCCCCCCCCCCC)c1nccn1C(C)C. The maximum Gasteiger partial charge on any atom is 0.111 e. The second-order valence-electron chi connectivity index (χ2n) is 11.3. The Morgan fingerprint density at radius 2 is 0.912 bits per heavy atom. The summed E-state index contributed by atoms with van der Waals surface area (Å²) in [6.45, 7) is 9.20. The maximum absolute atomic E-state index is 4.83. The number of imidazole rings is 1. The Morgan fingerprint density at radius 3 is 1.26 bits per heavy atom. The molecule has 2 nitrogen and oxygen atoms in total. The maximum atomic E-state index is 4.83. The summed E-state index contributed by atoms with van der Waals surface area (Å²) in [4.78, 5) is 4.83.